The molecule has 1 N–H and O–H groups in total. The Morgan fingerprint density at radius 2 is 2.00 bits per heavy atom. The van der Waals surface area contributed by atoms with E-state index in [1.165, 1.54) is 24.8 Å². The van der Waals surface area contributed by atoms with Gasteiger partial charge in [-0.2, -0.15) is 0 Å². The zero-order valence-corrected chi connectivity index (χ0v) is 14.3. The highest BCUT2D eigenvalue weighted by atomic mass is 79.9. The number of ether oxygens (including phenoxy) is 1. The first-order chi connectivity index (χ1) is 10.6. The average molecular weight is 378 g/mol. The summed E-state index contributed by atoms with van der Waals surface area (Å²) in [4.78, 5) is 21.7. The van der Waals surface area contributed by atoms with E-state index < -0.39 is 0 Å². The van der Waals surface area contributed by atoms with Crippen LogP contribution in [-0.2, 0) is 4.74 Å². The number of aromatic nitrogens is 2. The Kier molecular flexibility index (Phi) is 4.08. The van der Waals surface area contributed by atoms with E-state index in [9.17, 15) is 4.79 Å². The lowest BCUT2D eigenvalue weighted by Crippen LogP contribution is -2.00. The first-order valence-corrected chi connectivity index (χ1v) is 8.06. The van der Waals surface area contributed by atoms with E-state index in [4.69, 9.17) is 4.74 Å². The van der Waals surface area contributed by atoms with Gasteiger partial charge < -0.3 is 10.1 Å². The molecule has 0 fully saturated rings. The zero-order valence-electron chi connectivity index (χ0n) is 11.9. The molecule has 0 aliphatic heterocycles. The summed E-state index contributed by atoms with van der Waals surface area (Å²) in [7, 11) is 1.37. The maximum atomic E-state index is 11.8. The lowest BCUT2D eigenvalue weighted by Gasteiger charge is -2.07. The minimum atomic E-state index is -0.352. The molecule has 0 atom stereocenters. The first-order valence-electron chi connectivity index (χ1n) is 6.45. The van der Waals surface area contributed by atoms with Crippen molar-refractivity contribution in [3.8, 4) is 0 Å². The van der Waals surface area contributed by atoms with E-state index in [-0.39, 0.29) is 5.97 Å². The summed E-state index contributed by atoms with van der Waals surface area (Å²) >= 11 is 4.72. The second-order valence-electron chi connectivity index (χ2n) is 4.58. The Balaban J connectivity index is 2.08. The number of hydrogen-bond donors (Lipinski definition) is 1. The van der Waals surface area contributed by atoms with Crippen molar-refractivity contribution in [2.24, 2.45) is 0 Å². The van der Waals surface area contributed by atoms with Crippen LogP contribution >= 0.6 is 27.3 Å². The Bertz CT molecular complexity index is 846. The molecule has 0 bridgehead atoms. The standard InChI is InChI=1S/C15H12BrN3O2S/c1-8-11-13(19-10-5-3-9(16)4-6-10)17-7-18-14(11)22-12(8)15(20)21-2/h3-7H,1-2H3,(H,17,18,19). The summed E-state index contributed by atoms with van der Waals surface area (Å²) < 4.78 is 5.82. The van der Waals surface area contributed by atoms with Crippen molar-refractivity contribution in [1.82, 2.24) is 9.97 Å². The van der Waals surface area contributed by atoms with Gasteiger partial charge in [-0.05, 0) is 36.8 Å². The van der Waals surface area contributed by atoms with E-state index in [1.807, 2.05) is 31.2 Å². The lowest BCUT2D eigenvalue weighted by molar-refractivity contribution is 0.0605. The van der Waals surface area contributed by atoms with Gasteiger partial charge >= 0.3 is 5.97 Å². The highest BCUT2D eigenvalue weighted by molar-refractivity contribution is 9.10. The predicted octanol–water partition coefficient (Wildman–Crippen LogP) is 4.29. The van der Waals surface area contributed by atoms with Crippen LogP contribution in [0.2, 0.25) is 0 Å². The Hall–Kier alpha value is -1.99. The molecule has 0 aliphatic rings. The summed E-state index contributed by atoms with van der Waals surface area (Å²) in [6, 6.07) is 7.78. The number of methoxy groups -OCH3 is 1. The molecule has 112 valence electrons. The zero-order chi connectivity index (χ0) is 15.7. The maximum absolute atomic E-state index is 11.8. The molecule has 22 heavy (non-hydrogen) atoms. The van der Waals surface area contributed by atoms with E-state index in [2.05, 4.69) is 31.2 Å². The molecule has 2 heterocycles. The van der Waals surface area contributed by atoms with E-state index >= 15 is 0 Å². The van der Waals surface area contributed by atoms with Crippen LogP contribution in [0.25, 0.3) is 10.2 Å². The van der Waals surface area contributed by atoms with Crippen molar-refractivity contribution in [3.05, 3.63) is 45.5 Å². The molecule has 0 aliphatic carbocycles. The fourth-order valence-corrected chi connectivity index (χ4v) is 3.45. The summed E-state index contributed by atoms with van der Waals surface area (Å²) in [5, 5.41) is 4.11. The Morgan fingerprint density at radius 1 is 1.27 bits per heavy atom. The van der Waals surface area contributed by atoms with Crippen LogP contribution in [0.5, 0.6) is 0 Å². The fraction of sp³-hybridized carbons (Fsp3) is 0.133. The molecule has 0 saturated carbocycles. The normalized spacial score (nSPS) is 10.7. The number of aryl methyl sites for hydroxylation is 1. The summed E-state index contributed by atoms with van der Waals surface area (Å²) in [5.41, 5.74) is 1.74. The minimum absolute atomic E-state index is 0.352. The molecular weight excluding hydrogens is 366 g/mol. The lowest BCUT2D eigenvalue weighted by atomic mass is 10.2. The van der Waals surface area contributed by atoms with Crippen LogP contribution in [0, 0.1) is 6.92 Å². The SMILES string of the molecule is COC(=O)c1sc2ncnc(Nc3ccc(Br)cc3)c2c1C. The molecule has 7 heteroatoms. The minimum Gasteiger partial charge on any atom is -0.465 e. The Labute approximate surface area is 139 Å². The van der Waals surface area contributed by atoms with Gasteiger partial charge in [-0.1, -0.05) is 15.9 Å². The number of hydrogen-bond acceptors (Lipinski definition) is 6. The molecule has 3 rings (SSSR count). The average Bonchev–Trinajstić information content (AvgIpc) is 2.87. The molecule has 0 amide bonds. The van der Waals surface area contributed by atoms with Gasteiger partial charge in [-0.3, -0.25) is 0 Å². The van der Waals surface area contributed by atoms with Crippen LogP contribution < -0.4 is 5.32 Å². The summed E-state index contributed by atoms with van der Waals surface area (Å²) in [5.74, 6) is 0.325. The van der Waals surface area contributed by atoms with Gasteiger partial charge in [-0.25, -0.2) is 14.8 Å². The molecule has 0 saturated heterocycles. The molecule has 0 radical (unpaired) electrons. The second kappa shape index (κ2) is 6.02. The van der Waals surface area contributed by atoms with E-state index in [0.717, 1.165) is 25.9 Å². The van der Waals surface area contributed by atoms with Crippen LogP contribution in [-0.4, -0.2) is 23.0 Å². The number of anilines is 2. The van der Waals surface area contributed by atoms with Crippen LogP contribution in [0.15, 0.2) is 35.1 Å². The van der Waals surface area contributed by atoms with Crippen molar-refractivity contribution >= 4 is 55.0 Å². The summed E-state index contributed by atoms with van der Waals surface area (Å²) in [6.45, 7) is 1.88. The number of esters is 1. The highest BCUT2D eigenvalue weighted by Crippen LogP contribution is 2.34. The number of halogens is 1. The van der Waals surface area contributed by atoms with Gasteiger partial charge in [-0.15, -0.1) is 11.3 Å². The summed E-state index contributed by atoms with van der Waals surface area (Å²) in [6.07, 6.45) is 1.49. The fourth-order valence-electron chi connectivity index (χ4n) is 2.12. The number of carbonyl (C=O) groups excluding carboxylic acids is 1. The van der Waals surface area contributed by atoms with Crippen LogP contribution in [0.1, 0.15) is 15.2 Å². The molecular formula is C15H12BrN3O2S. The van der Waals surface area contributed by atoms with Crippen molar-refractivity contribution in [2.45, 2.75) is 6.92 Å². The highest BCUT2D eigenvalue weighted by Gasteiger charge is 2.19. The van der Waals surface area contributed by atoms with Crippen molar-refractivity contribution < 1.29 is 9.53 Å². The van der Waals surface area contributed by atoms with E-state index in [1.54, 1.807) is 0 Å². The molecule has 3 aromatic rings. The van der Waals surface area contributed by atoms with E-state index in [0.29, 0.717) is 10.7 Å². The molecule has 5 nitrogen and oxygen atoms in total. The van der Waals surface area contributed by atoms with Gasteiger partial charge in [0.2, 0.25) is 0 Å². The number of nitrogens with one attached hydrogen (secondary N) is 1. The topological polar surface area (TPSA) is 64.1 Å². The van der Waals surface area contributed by atoms with Gasteiger partial charge in [0.15, 0.2) is 0 Å². The molecule has 0 spiro atoms. The quantitative estimate of drug-likeness (QED) is 0.689. The molecule has 0 unspecified atom stereocenters. The van der Waals surface area contributed by atoms with Crippen molar-refractivity contribution in [3.63, 3.8) is 0 Å². The number of nitrogens with zero attached hydrogens (tertiary/aromatic N) is 2. The first kappa shape index (κ1) is 14.9. The number of fused-ring (bicyclic) bond motifs is 1. The van der Waals surface area contributed by atoms with Crippen LogP contribution in [0.3, 0.4) is 0 Å². The van der Waals surface area contributed by atoms with Gasteiger partial charge in [0.05, 0.1) is 12.5 Å². The van der Waals surface area contributed by atoms with Gasteiger partial charge in [0.25, 0.3) is 0 Å². The smallest absolute Gasteiger partial charge is 0.348 e. The number of carbonyl (C=O) groups is 1. The predicted molar refractivity (Wildman–Crippen MR) is 90.9 cm³/mol. The third kappa shape index (κ3) is 2.69. The number of rotatable bonds is 3. The van der Waals surface area contributed by atoms with Gasteiger partial charge in [0.1, 0.15) is 21.9 Å². The van der Waals surface area contributed by atoms with Gasteiger partial charge in [0, 0.05) is 10.2 Å². The third-order valence-electron chi connectivity index (χ3n) is 3.20. The molecule has 1 aromatic carbocycles. The van der Waals surface area contributed by atoms with Crippen molar-refractivity contribution in [1.29, 1.82) is 0 Å². The second-order valence-corrected chi connectivity index (χ2v) is 6.50. The van der Waals surface area contributed by atoms with Crippen molar-refractivity contribution in [2.75, 3.05) is 12.4 Å². The number of benzene rings is 1. The maximum Gasteiger partial charge on any atom is 0.348 e. The third-order valence-corrected chi connectivity index (χ3v) is 4.91. The van der Waals surface area contributed by atoms with Crippen LogP contribution in [0.4, 0.5) is 11.5 Å². The monoisotopic (exact) mass is 377 g/mol. The Morgan fingerprint density at radius 3 is 2.68 bits per heavy atom. The number of thiophene rings is 1. The largest absolute Gasteiger partial charge is 0.465 e. The molecule has 2 aromatic heterocycles.